The zero-order valence-corrected chi connectivity index (χ0v) is 10.4. The zero-order valence-electron chi connectivity index (χ0n) is 10.4. The number of benzene rings is 1. The Labute approximate surface area is 103 Å². The van der Waals surface area contributed by atoms with Crippen molar-refractivity contribution in [1.29, 1.82) is 0 Å². The van der Waals surface area contributed by atoms with Crippen molar-refractivity contribution < 1.29 is 9.47 Å². The van der Waals surface area contributed by atoms with E-state index >= 15 is 0 Å². The van der Waals surface area contributed by atoms with Gasteiger partial charge in [-0.3, -0.25) is 0 Å². The Balaban J connectivity index is 2.20. The Morgan fingerprint density at radius 1 is 1.29 bits per heavy atom. The molecule has 0 aromatic heterocycles. The second-order valence-corrected chi connectivity index (χ2v) is 3.79. The molecule has 1 N–H and O–H groups in total. The molecule has 1 rings (SSSR count). The number of methoxy groups -OCH3 is 1. The molecule has 17 heavy (non-hydrogen) atoms. The van der Waals surface area contributed by atoms with Crippen molar-refractivity contribution in [3.05, 3.63) is 24.3 Å². The van der Waals surface area contributed by atoms with Gasteiger partial charge in [0.2, 0.25) is 0 Å². The Morgan fingerprint density at radius 3 is 2.53 bits per heavy atom. The van der Waals surface area contributed by atoms with Gasteiger partial charge in [-0.15, -0.1) is 12.3 Å². The van der Waals surface area contributed by atoms with Crippen molar-refractivity contribution in [2.45, 2.75) is 19.4 Å². The van der Waals surface area contributed by atoms with E-state index in [1.807, 2.05) is 24.3 Å². The van der Waals surface area contributed by atoms with Crippen molar-refractivity contribution in [3.8, 4) is 23.8 Å². The summed E-state index contributed by atoms with van der Waals surface area (Å²) < 4.78 is 10.6. The molecule has 0 saturated heterocycles. The first-order valence-corrected chi connectivity index (χ1v) is 5.70. The van der Waals surface area contributed by atoms with Crippen LogP contribution in [0.4, 0.5) is 0 Å². The SMILES string of the molecule is C#CCC(C)NCCOc1ccc(OC)cc1. The van der Waals surface area contributed by atoms with E-state index in [9.17, 15) is 0 Å². The second-order valence-electron chi connectivity index (χ2n) is 3.79. The van der Waals surface area contributed by atoms with Gasteiger partial charge in [0.1, 0.15) is 18.1 Å². The van der Waals surface area contributed by atoms with Gasteiger partial charge in [-0.05, 0) is 31.2 Å². The molecule has 0 heterocycles. The minimum atomic E-state index is 0.333. The molecule has 0 spiro atoms. The predicted molar refractivity (Wildman–Crippen MR) is 69.4 cm³/mol. The molecular weight excluding hydrogens is 214 g/mol. The predicted octanol–water partition coefficient (Wildman–Crippen LogP) is 2.08. The highest BCUT2D eigenvalue weighted by Crippen LogP contribution is 2.16. The van der Waals surface area contributed by atoms with Crippen molar-refractivity contribution in [1.82, 2.24) is 5.32 Å². The van der Waals surface area contributed by atoms with Crippen LogP contribution in [0.1, 0.15) is 13.3 Å². The number of hydrogen-bond donors (Lipinski definition) is 1. The highest BCUT2D eigenvalue weighted by molar-refractivity contribution is 5.31. The van der Waals surface area contributed by atoms with Gasteiger partial charge < -0.3 is 14.8 Å². The van der Waals surface area contributed by atoms with Crippen LogP contribution in [0.5, 0.6) is 11.5 Å². The Hall–Kier alpha value is -1.66. The van der Waals surface area contributed by atoms with Gasteiger partial charge in [0.15, 0.2) is 0 Å². The summed E-state index contributed by atoms with van der Waals surface area (Å²) in [6, 6.07) is 7.88. The van der Waals surface area contributed by atoms with Crippen LogP contribution in [-0.2, 0) is 0 Å². The first-order valence-electron chi connectivity index (χ1n) is 5.70. The molecule has 1 aromatic rings. The third-order valence-corrected chi connectivity index (χ3v) is 2.35. The van der Waals surface area contributed by atoms with Crippen molar-refractivity contribution in [3.63, 3.8) is 0 Å². The largest absolute Gasteiger partial charge is 0.497 e. The fourth-order valence-electron chi connectivity index (χ4n) is 1.40. The minimum absolute atomic E-state index is 0.333. The van der Waals surface area contributed by atoms with Crippen LogP contribution in [0.3, 0.4) is 0 Å². The quantitative estimate of drug-likeness (QED) is 0.577. The minimum Gasteiger partial charge on any atom is -0.497 e. The van der Waals surface area contributed by atoms with E-state index in [1.54, 1.807) is 7.11 Å². The monoisotopic (exact) mass is 233 g/mol. The lowest BCUT2D eigenvalue weighted by molar-refractivity contribution is 0.306. The summed E-state index contributed by atoms with van der Waals surface area (Å²) in [6.07, 6.45) is 5.96. The molecule has 1 aromatic carbocycles. The van der Waals surface area contributed by atoms with E-state index in [4.69, 9.17) is 15.9 Å². The van der Waals surface area contributed by atoms with Crippen LogP contribution in [-0.4, -0.2) is 26.3 Å². The molecule has 0 amide bonds. The molecule has 0 aliphatic carbocycles. The van der Waals surface area contributed by atoms with Gasteiger partial charge in [-0.2, -0.15) is 0 Å². The van der Waals surface area contributed by atoms with Crippen molar-refractivity contribution >= 4 is 0 Å². The smallest absolute Gasteiger partial charge is 0.119 e. The van der Waals surface area contributed by atoms with Crippen LogP contribution in [0.2, 0.25) is 0 Å². The standard InChI is InChI=1S/C14H19NO2/c1-4-5-12(2)15-10-11-17-14-8-6-13(16-3)7-9-14/h1,6-9,12,15H,5,10-11H2,2-3H3. The van der Waals surface area contributed by atoms with E-state index in [2.05, 4.69) is 18.2 Å². The van der Waals surface area contributed by atoms with Crippen LogP contribution in [0.25, 0.3) is 0 Å². The fourth-order valence-corrected chi connectivity index (χ4v) is 1.40. The van der Waals surface area contributed by atoms with E-state index in [-0.39, 0.29) is 0 Å². The zero-order chi connectivity index (χ0) is 12.5. The Kier molecular flexibility index (Phi) is 5.98. The summed E-state index contributed by atoms with van der Waals surface area (Å²) >= 11 is 0. The van der Waals surface area contributed by atoms with Crippen LogP contribution in [0.15, 0.2) is 24.3 Å². The molecule has 0 saturated carbocycles. The first kappa shape index (κ1) is 13.4. The Morgan fingerprint density at radius 2 is 1.94 bits per heavy atom. The van der Waals surface area contributed by atoms with Gasteiger partial charge in [0, 0.05) is 19.0 Å². The molecule has 3 heteroatoms. The van der Waals surface area contributed by atoms with Gasteiger partial charge in [-0.25, -0.2) is 0 Å². The summed E-state index contributed by atoms with van der Waals surface area (Å²) in [6.45, 7) is 3.48. The average Bonchev–Trinajstić information content (AvgIpc) is 2.36. The van der Waals surface area contributed by atoms with Crippen molar-refractivity contribution in [2.24, 2.45) is 0 Å². The first-order chi connectivity index (χ1) is 8.26. The lowest BCUT2D eigenvalue weighted by Crippen LogP contribution is -2.29. The number of hydrogen-bond acceptors (Lipinski definition) is 3. The number of rotatable bonds is 7. The van der Waals surface area contributed by atoms with Gasteiger partial charge in [0.25, 0.3) is 0 Å². The second kappa shape index (κ2) is 7.59. The molecule has 0 radical (unpaired) electrons. The summed E-state index contributed by atoms with van der Waals surface area (Å²) in [5, 5.41) is 3.28. The normalized spacial score (nSPS) is 11.6. The van der Waals surface area contributed by atoms with E-state index in [0.717, 1.165) is 24.5 Å². The molecule has 0 aliphatic heterocycles. The summed E-state index contributed by atoms with van der Waals surface area (Å²) in [5.74, 6) is 4.30. The lowest BCUT2D eigenvalue weighted by atomic mass is 10.2. The fraction of sp³-hybridized carbons (Fsp3) is 0.429. The maximum atomic E-state index is 5.56. The van der Waals surface area contributed by atoms with Crippen LogP contribution >= 0.6 is 0 Å². The van der Waals surface area contributed by atoms with E-state index in [1.165, 1.54) is 0 Å². The van der Waals surface area contributed by atoms with Gasteiger partial charge in [0.05, 0.1) is 7.11 Å². The summed E-state index contributed by atoms with van der Waals surface area (Å²) in [7, 11) is 1.65. The molecular formula is C14H19NO2. The number of nitrogens with one attached hydrogen (secondary N) is 1. The summed E-state index contributed by atoms with van der Waals surface area (Å²) in [5.41, 5.74) is 0. The molecule has 0 aliphatic rings. The third-order valence-electron chi connectivity index (χ3n) is 2.35. The maximum Gasteiger partial charge on any atom is 0.119 e. The molecule has 1 unspecified atom stereocenters. The highest BCUT2D eigenvalue weighted by atomic mass is 16.5. The number of ether oxygens (including phenoxy) is 2. The third kappa shape index (κ3) is 5.28. The molecule has 92 valence electrons. The van der Waals surface area contributed by atoms with Crippen molar-refractivity contribution in [2.75, 3.05) is 20.3 Å². The van der Waals surface area contributed by atoms with E-state index < -0.39 is 0 Å². The highest BCUT2D eigenvalue weighted by Gasteiger charge is 1.98. The average molecular weight is 233 g/mol. The Bertz CT molecular complexity index is 353. The van der Waals surface area contributed by atoms with E-state index in [0.29, 0.717) is 12.6 Å². The van der Waals surface area contributed by atoms with Gasteiger partial charge >= 0.3 is 0 Å². The molecule has 1 atom stereocenters. The maximum absolute atomic E-state index is 5.56. The molecule has 3 nitrogen and oxygen atoms in total. The van der Waals surface area contributed by atoms with Crippen LogP contribution < -0.4 is 14.8 Å². The van der Waals surface area contributed by atoms with Crippen LogP contribution in [0, 0.1) is 12.3 Å². The van der Waals surface area contributed by atoms with Gasteiger partial charge in [-0.1, -0.05) is 0 Å². The topological polar surface area (TPSA) is 30.5 Å². The molecule has 0 fully saturated rings. The lowest BCUT2D eigenvalue weighted by Gasteiger charge is -2.11. The molecule has 0 bridgehead atoms. The summed E-state index contributed by atoms with van der Waals surface area (Å²) in [4.78, 5) is 0. The number of terminal acetylenes is 1.